The molecule has 0 aromatic rings. The minimum atomic E-state index is -0.468. The molecule has 3 N–H and O–H groups in total. The van der Waals surface area contributed by atoms with Crippen molar-refractivity contribution in [3.63, 3.8) is 0 Å². The quantitative estimate of drug-likeness (QED) is 0.617. The summed E-state index contributed by atoms with van der Waals surface area (Å²) in [5, 5.41) is 3.19. The first-order valence-corrected chi connectivity index (χ1v) is 8.23. The second-order valence-electron chi connectivity index (χ2n) is 6.06. The molecule has 1 heterocycles. The molecular formula is C15H26N2O2S. The van der Waals surface area contributed by atoms with Gasteiger partial charge in [-0.05, 0) is 25.7 Å². The Bertz CT molecular complexity index is 365. The summed E-state index contributed by atoms with van der Waals surface area (Å²) in [7, 11) is 0. The molecule has 1 amide bonds. The Balaban J connectivity index is 2.07. The van der Waals surface area contributed by atoms with Crippen LogP contribution in [0.5, 0.6) is 0 Å². The molecule has 114 valence electrons. The molecule has 1 aliphatic carbocycles. The van der Waals surface area contributed by atoms with Gasteiger partial charge in [0.15, 0.2) is 0 Å². The molecule has 4 nitrogen and oxygen atoms in total. The highest BCUT2D eigenvalue weighted by Crippen LogP contribution is 2.30. The highest BCUT2D eigenvalue weighted by Gasteiger charge is 2.40. The average Bonchev–Trinajstić information content (AvgIpc) is 2.78. The van der Waals surface area contributed by atoms with Crippen LogP contribution in [-0.4, -0.2) is 29.1 Å². The minimum Gasteiger partial charge on any atom is -0.391 e. The molecule has 2 rings (SSSR count). The molecule has 2 aliphatic rings. The van der Waals surface area contributed by atoms with Crippen molar-refractivity contribution < 1.29 is 9.53 Å². The fourth-order valence-electron chi connectivity index (χ4n) is 3.44. The van der Waals surface area contributed by atoms with Crippen LogP contribution in [0.3, 0.4) is 0 Å². The number of thiocarbonyl (C=S) groups is 1. The first kappa shape index (κ1) is 15.7. The van der Waals surface area contributed by atoms with Crippen LogP contribution in [0.2, 0.25) is 0 Å². The molecule has 0 aromatic carbocycles. The highest BCUT2D eigenvalue weighted by molar-refractivity contribution is 7.80. The monoisotopic (exact) mass is 298 g/mol. The Labute approximate surface area is 126 Å². The average molecular weight is 298 g/mol. The second-order valence-corrected chi connectivity index (χ2v) is 6.50. The lowest BCUT2D eigenvalue weighted by atomic mass is 9.88. The molecule has 2 atom stereocenters. The van der Waals surface area contributed by atoms with E-state index in [1.165, 1.54) is 12.8 Å². The van der Waals surface area contributed by atoms with Crippen LogP contribution in [0.25, 0.3) is 0 Å². The lowest BCUT2D eigenvalue weighted by Gasteiger charge is -2.34. The van der Waals surface area contributed by atoms with E-state index in [0.717, 1.165) is 38.5 Å². The summed E-state index contributed by atoms with van der Waals surface area (Å²) in [6.07, 6.45) is 8.03. The van der Waals surface area contributed by atoms with Gasteiger partial charge in [0.2, 0.25) is 5.91 Å². The van der Waals surface area contributed by atoms with Gasteiger partial charge in [-0.1, -0.05) is 44.8 Å². The third-order valence-corrected chi connectivity index (χ3v) is 5.13. The third kappa shape index (κ3) is 3.31. The Morgan fingerprint density at radius 1 is 1.35 bits per heavy atom. The topological polar surface area (TPSA) is 64.3 Å². The van der Waals surface area contributed by atoms with Crippen LogP contribution >= 0.6 is 12.2 Å². The zero-order valence-electron chi connectivity index (χ0n) is 12.3. The van der Waals surface area contributed by atoms with Gasteiger partial charge >= 0.3 is 0 Å². The number of rotatable bonds is 4. The van der Waals surface area contributed by atoms with E-state index in [-0.39, 0.29) is 17.9 Å². The Kier molecular flexibility index (Phi) is 5.38. The predicted molar refractivity (Wildman–Crippen MR) is 83.5 cm³/mol. The van der Waals surface area contributed by atoms with Crippen LogP contribution in [0.15, 0.2) is 0 Å². The van der Waals surface area contributed by atoms with E-state index in [1.54, 1.807) is 0 Å². The number of nitrogens with one attached hydrogen (secondary N) is 1. The molecule has 2 fully saturated rings. The molecule has 1 aliphatic heterocycles. The summed E-state index contributed by atoms with van der Waals surface area (Å²) in [4.78, 5) is 13.0. The van der Waals surface area contributed by atoms with E-state index in [0.29, 0.717) is 11.6 Å². The van der Waals surface area contributed by atoms with Crippen LogP contribution in [0.1, 0.15) is 58.3 Å². The molecule has 0 bridgehead atoms. The van der Waals surface area contributed by atoms with Crippen molar-refractivity contribution >= 4 is 23.1 Å². The summed E-state index contributed by atoms with van der Waals surface area (Å²) in [6, 6.07) is 0. The summed E-state index contributed by atoms with van der Waals surface area (Å²) in [6.45, 7) is 2.74. The van der Waals surface area contributed by atoms with Crippen LogP contribution < -0.4 is 11.1 Å². The lowest BCUT2D eigenvalue weighted by Crippen LogP contribution is -2.58. The number of hydrogen-bond donors (Lipinski definition) is 2. The van der Waals surface area contributed by atoms with E-state index in [1.807, 2.05) is 0 Å². The van der Waals surface area contributed by atoms with Crippen molar-refractivity contribution in [3.05, 3.63) is 0 Å². The molecule has 0 spiro atoms. The summed E-state index contributed by atoms with van der Waals surface area (Å²) >= 11 is 5.27. The van der Waals surface area contributed by atoms with E-state index >= 15 is 0 Å². The first-order chi connectivity index (χ1) is 9.59. The molecule has 20 heavy (non-hydrogen) atoms. The van der Waals surface area contributed by atoms with Crippen molar-refractivity contribution in [1.82, 2.24) is 5.32 Å². The van der Waals surface area contributed by atoms with E-state index < -0.39 is 5.54 Å². The fraction of sp³-hybridized carbons (Fsp3) is 0.867. The van der Waals surface area contributed by atoms with Crippen molar-refractivity contribution in [1.29, 1.82) is 0 Å². The fourth-order valence-corrected chi connectivity index (χ4v) is 3.70. The summed E-state index contributed by atoms with van der Waals surface area (Å²) in [5.41, 5.74) is 5.50. The molecular weight excluding hydrogens is 272 g/mol. The number of nitrogens with two attached hydrogens (primary N) is 1. The van der Waals surface area contributed by atoms with Gasteiger partial charge < -0.3 is 15.8 Å². The SMILES string of the molecule is CCC1OCCC1C(=O)NC1(C(N)=S)CCCCCC1. The first-order valence-electron chi connectivity index (χ1n) is 7.82. The number of hydrogen-bond acceptors (Lipinski definition) is 3. The smallest absolute Gasteiger partial charge is 0.226 e. The van der Waals surface area contributed by atoms with Gasteiger partial charge in [0.25, 0.3) is 0 Å². The number of amides is 1. The molecule has 0 aromatic heterocycles. The second kappa shape index (κ2) is 6.85. The summed E-state index contributed by atoms with van der Waals surface area (Å²) < 4.78 is 5.62. The maximum absolute atomic E-state index is 12.6. The molecule has 0 radical (unpaired) electrons. The molecule has 5 heteroatoms. The third-order valence-electron chi connectivity index (χ3n) is 4.74. The van der Waals surface area contributed by atoms with Gasteiger partial charge in [-0.3, -0.25) is 4.79 Å². The van der Waals surface area contributed by atoms with Crippen LogP contribution in [0, 0.1) is 5.92 Å². The summed E-state index contributed by atoms with van der Waals surface area (Å²) in [5.74, 6) is 0.0264. The standard InChI is InChI=1S/C15H26N2O2S/c1-2-12-11(7-10-19-12)13(18)17-15(14(16)20)8-5-3-4-6-9-15/h11-12H,2-10H2,1H3,(H2,16,20)(H,17,18). The minimum absolute atomic E-state index is 0.0455. The van der Waals surface area contributed by atoms with E-state index in [9.17, 15) is 4.79 Å². The molecule has 1 saturated carbocycles. The van der Waals surface area contributed by atoms with Gasteiger partial charge in [-0.25, -0.2) is 0 Å². The van der Waals surface area contributed by atoms with Gasteiger partial charge in [0.1, 0.15) is 0 Å². The predicted octanol–water partition coefficient (Wildman–Crippen LogP) is 2.30. The zero-order chi connectivity index (χ0) is 14.6. The number of carbonyl (C=O) groups is 1. The lowest BCUT2D eigenvalue weighted by molar-refractivity contribution is -0.128. The van der Waals surface area contributed by atoms with Crippen molar-refractivity contribution in [2.24, 2.45) is 11.7 Å². The van der Waals surface area contributed by atoms with E-state index in [4.69, 9.17) is 22.7 Å². The van der Waals surface area contributed by atoms with E-state index in [2.05, 4.69) is 12.2 Å². The van der Waals surface area contributed by atoms with Gasteiger partial charge in [0, 0.05) is 6.61 Å². The van der Waals surface area contributed by atoms with Crippen molar-refractivity contribution in [2.75, 3.05) is 6.61 Å². The van der Waals surface area contributed by atoms with Gasteiger partial charge in [0.05, 0.1) is 22.5 Å². The zero-order valence-corrected chi connectivity index (χ0v) is 13.1. The Morgan fingerprint density at radius 2 is 2.00 bits per heavy atom. The van der Waals surface area contributed by atoms with Crippen LogP contribution in [-0.2, 0) is 9.53 Å². The highest BCUT2D eigenvalue weighted by atomic mass is 32.1. The maximum Gasteiger partial charge on any atom is 0.226 e. The Hall–Kier alpha value is -0.680. The largest absolute Gasteiger partial charge is 0.391 e. The van der Waals surface area contributed by atoms with Crippen molar-refractivity contribution in [2.45, 2.75) is 69.9 Å². The Morgan fingerprint density at radius 3 is 2.55 bits per heavy atom. The van der Waals surface area contributed by atoms with Gasteiger partial charge in [-0.2, -0.15) is 0 Å². The molecule has 1 saturated heterocycles. The molecule has 2 unspecified atom stereocenters. The van der Waals surface area contributed by atoms with Crippen LogP contribution in [0.4, 0.5) is 0 Å². The maximum atomic E-state index is 12.6. The number of carbonyl (C=O) groups excluding carboxylic acids is 1. The van der Waals surface area contributed by atoms with Gasteiger partial charge in [-0.15, -0.1) is 0 Å². The van der Waals surface area contributed by atoms with Crippen molar-refractivity contribution in [3.8, 4) is 0 Å². The number of ether oxygens (including phenoxy) is 1. The normalized spacial score (nSPS) is 29.6.